The van der Waals surface area contributed by atoms with Crippen LogP contribution in [0.25, 0.3) is 0 Å². The van der Waals surface area contributed by atoms with Crippen LogP contribution in [0.5, 0.6) is 0 Å². The number of carboxylic acid groups (broad SMARTS) is 1. The molecule has 1 heterocycles. The molecule has 6 nitrogen and oxygen atoms in total. The Morgan fingerprint density at radius 1 is 1.25 bits per heavy atom. The van der Waals surface area contributed by atoms with E-state index in [0.29, 0.717) is 32.2 Å². The number of carbonyl (C=O) groups is 3. The minimum absolute atomic E-state index is 0.0820. The summed E-state index contributed by atoms with van der Waals surface area (Å²) in [5, 5.41) is 11.9. The van der Waals surface area contributed by atoms with E-state index in [0.717, 1.165) is 24.2 Å². The molecule has 0 radical (unpaired) electrons. The monoisotopic (exact) mass is 330 g/mol. The largest absolute Gasteiger partial charge is 0.481 e. The molecule has 2 atom stereocenters. The van der Waals surface area contributed by atoms with Crippen LogP contribution in [-0.2, 0) is 20.9 Å². The van der Waals surface area contributed by atoms with Crippen molar-refractivity contribution in [3.05, 3.63) is 29.8 Å². The van der Waals surface area contributed by atoms with Gasteiger partial charge in [-0.05, 0) is 43.4 Å². The van der Waals surface area contributed by atoms with Crippen LogP contribution in [0, 0.1) is 11.8 Å². The fraction of sp³-hybridized carbons (Fsp3) is 0.500. The number of hydrogen-bond donors (Lipinski definition) is 2. The second kappa shape index (κ2) is 7.03. The zero-order valence-electron chi connectivity index (χ0n) is 13.5. The average Bonchev–Trinajstić information content (AvgIpc) is 3.22. The van der Waals surface area contributed by atoms with E-state index in [2.05, 4.69) is 5.32 Å². The molecule has 2 fully saturated rings. The minimum atomic E-state index is -0.812. The first kappa shape index (κ1) is 16.5. The van der Waals surface area contributed by atoms with Gasteiger partial charge in [0.2, 0.25) is 11.8 Å². The molecule has 0 aromatic heterocycles. The lowest BCUT2D eigenvalue weighted by Crippen LogP contribution is -2.29. The van der Waals surface area contributed by atoms with E-state index >= 15 is 0 Å². The summed E-state index contributed by atoms with van der Waals surface area (Å²) >= 11 is 0. The lowest BCUT2D eigenvalue weighted by Gasteiger charge is -2.17. The van der Waals surface area contributed by atoms with E-state index < -0.39 is 11.9 Å². The number of hydrogen-bond acceptors (Lipinski definition) is 3. The van der Waals surface area contributed by atoms with Gasteiger partial charge in [0.25, 0.3) is 0 Å². The highest BCUT2D eigenvalue weighted by molar-refractivity contribution is 5.95. The maximum absolute atomic E-state index is 12.2. The molecule has 2 N–H and O–H groups in total. The summed E-state index contributed by atoms with van der Waals surface area (Å²) in [6, 6.07) is 7.64. The third kappa shape index (κ3) is 3.58. The number of nitrogens with zero attached hydrogens (tertiary/aromatic N) is 1. The van der Waals surface area contributed by atoms with Crippen LogP contribution in [0.3, 0.4) is 0 Å². The van der Waals surface area contributed by atoms with E-state index in [1.165, 1.54) is 0 Å². The van der Waals surface area contributed by atoms with Crippen molar-refractivity contribution < 1.29 is 19.5 Å². The van der Waals surface area contributed by atoms with Crippen molar-refractivity contribution >= 4 is 23.5 Å². The van der Waals surface area contributed by atoms with E-state index in [9.17, 15) is 14.4 Å². The molecule has 1 aliphatic heterocycles. The van der Waals surface area contributed by atoms with Gasteiger partial charge in [-0.15, -0.1) is 0 Å². The molecule has 1 saturated heterocycles. The summed E-state index contributed by atoms with van der Waals surface area (Å²) in [5.41, 5.74) is 1.81. The Bertz CT molecular complexity index is 658. The predicted molar refractivity (Wildman–Crippen MR) is 88.3 cm³/mol. The van der Waals surface area contributed by atoms with Gasteiger partial charge in [-0.2, -0.15) is 0 Å². The number of nitrogens with one attached hydrogen (secondary N) is 1. The van der Waals surface area contributed by atoms with Crippen molar-refractivity contribution in [2.75, 3.05) is 11.4 Å². The van der Waals surface area contributed by atoms with Crippen molar-refractivity contribution in [2.45, 2.75) is 38.6 Å². The van der Waals surface area contributed by atoms with E-state index in [1.807, 2.05) is 24.3 Å². The van der Waals surface area contributed by atoms with Gasteiger partial charge in [0.05, 0.1) is 5.92 Å². The zero-order valence-corrected chi connectivity index (χ0v) is 13.5. The number of aliphatic carboxylic acids is 1. The third-order valence-electron chi connectivity index (χ3n) is 4.92. The van der Waals surface area contributed by atoms with Crippen LogP contribution < -0.4 is 10.2 Å². The molecule has 1 aliphatic carbocycles. The molecular weight excluding hydrogens is 308 g/mol. The van der Waals surface area contributed by atoms with Gasteiger partial charge in [-0.1, -0.05) is 12.1 Å². The third-order valence-corrected chi connectivity index (χ3v) is 4.92. The molecule has 0 unspecified atom stereocenters. The number of amides is 2. The molecule has 0 bridgehead atoms. The van der Waals surface area contributed by atoms with Crippen LogP contribution in [0.4, 0.5) is 5.69 Å². The van der Waals surface area contributed by atoms with Gasteiger partial charge in [0, 0.05) is 31.1 Å². The van der Waals surface area contributed by atoms with Crippen molar-refractivity contribution in [3.8, 4) is 0 Å². The molecule has 128 valence electrons. The van der Waals surface area contributed by atoms with Gasteiger partial charge in [0.1, 0.15) is 0 Å². The van der Waals surface area contributed by atoms with E-state index in [4.69, 9.17) is 5.11 Å². The molecule has 6 heteroatoms. The van der Waals surface area contributed by atoms with Gasteiger partial charge in [-0.25, -0.2) is 0 Å². The summed E-state index contributed by atoms with van der Waals surface area (Å²) < 4.78 is 0. The summed E-state index contributed by atoms with van der Waals surface area (Å²) in [5.74, 6) is -1.36. The Balaban J connectivity index is 1.56. The van der Waals surface area contributed by atoms with Gasteiger partial charge in [-0.3, -0.25) is 14.4 Å². The van der Waals surface area contributed by atoms with Crippen LogP contribution in [0.15, 0.2) is 24.3 Å². The SMILES string of the molecule is O=C(O)[C@@H]1CC[C@H](C(=O)NCc2cccc(N3CCCC3=O)c2)C1. The maximum atomic E-state index is 12.2. The fourth-order valence-electron chi connectivity index (χ4n) is 3.53. The number of anilines is 1. The molecule has 0 spiro atoms. The lowest BCUT2D eigenvalue weighted by atomic mass is 10.0. The standard InChI is InChI=1S/C18H22N2O4/c21-16-5-2-8-20(16)15-4-1-3-12(9-15)11-19-17(22)13-6-7-14(10-13)18(23)24/h1,3-4,9,13-14H,2,5-8,10-11H2,(H,19,22)(H,23,24)/t13-,14+/m0/s1. The topological polar surface area (TPSA) is 86.7 Å². The van der Waals surface area contributed by atoms with Crippen LogP contribution in [0.2, 0.25) is 0 Å². The number of rotatable bonds is 5. The molecule has 1 saturated carbocycles. The van der Waals surface area contributed by atoms with Crippen molar-refractivity contribution in [3.63, 3.8) is 0 Å². The molecule has 3 rings (SSSR count). The highest BCUT2D eigenvalue weighted by Gasteiger charge is 2.33. The van der Waals surface area contributed by atoms with Crippen molar-refractivity contribution in [2.24, 2.45) is 11.8 Å². The first-order valence-electron chi connectivity index (χ1n) is 8.44. The van der Waals surface area contributed by atoms with Gasteiger partial charge >= 0.3 is 5.97 Å². The van der Waals surface area contributed by atoms with Gasteiger partial charge < -0.3 is 15.3 Å². The van der Waals surface area contributed by atoms with E-state index in [-0.39, 0.29) is 17.7 Å². The van der Waals surface area contributed by atoms with Crippen molar-refractivity contribution in [1.82, 2.24) is 5.32 Å². The summed E-state index contributed by atoms with van der Waals surface area (Å²) in [7, 11) is 0. The number of benzene rings is 1. The minimum Gasteiger partial charge on any atom is -0.481 e. The summed E-state index contributed by atoms with van der Waals surface area (Å²) in [6.45, 7) is 1.14. The molecule has 1 aromatic rings. The molecule has 1 aromatic carbocycles. The average molecular weight is 330 g/mol. The highest BCUT2D eigenvalue weighted by atomic mass is 16.4. The molecular formula is C18H22N2O4. The van der Waals surface area contributed by atoms with Crippen molar-refractivity contribution in [1.29, 1.82) is 0 Å². The first-order chi connectivity index (χ1) is 11.5. The molecule has 2 amide bonds. The van der Waals surface area contributed by atoms with E-state index in [1.54, 1.807) is 4.90 Å². The fourth-order valence-corrected chi connectivity index (χ4v) is 3.53. The Kier molecular flexibility index (Phi) is 4.83. The molecule has 24 heavy (non-hydrogen) atoms. The Morgan fingerprint density at radius 2 is 2.04 bits per heavy atom. The number of carboxylic acids is 1. The lowest BCUT2D eigenvalue weighted by molar-refractivity contribution is -0.141. The normalized spacial score (nSPS) is 23.5. The second-order valence-electron chi connectivity index (χ2n) is 6.58. The Hall–Kier alpha value is -2.37. The van der Waals surface area contributed by atoms with Gasteiger partial charge in [0.15, 0.2) is 0 Å². The predicted octanol–water partition coefficient (Wildman–Crippen LogP) is 1.93. The summed E-state index contributed by atoms with van der Waals surface area (Å²) in [6.07, 6.45) is 3.09. The first-order valence-corrected chi connectivity index (χ1v) is 8.44. The van der Waals surface area contributed by atoms with Crippen LogP contribution in [0.1, 0.15) is 37.7 Å². The highest BCUT2D eigenvalue weighted by Crippen LogP contribution is 2.31. The quantitative estimate of drug-likeness (QED) is 0.864. The second-order valence-corrected chi connectivity index (χ2v) is 6.58. The zero-order chi connectivity index (χ0) is 17.1. The smallest absolute Gasteiger partial charge is 0.306 e. The van der Waals surface area contributed by atoms with Crippen LogP contribution >= 0.6 is 0 Å². The summed E-state index contributed by atoms with van der Waals surface area (Å²) in [4.78, 5) is 36.8. The van der Waals surface area contributed by atoms with Crippen LogP contribution in [-0.4, -0.2) is 29.4 Å². The number of carbonyl (C=O) groups excluding carboxylic acids is 2. The molecule has 2 aliphatic rings. The Morgan fingerprint density at radius 3 is 2.71 bits per heavy atom. The maximum Gasteiger partial charge on any atom is 0.306 e. The Labute approximate surface area is 140 Å².